The van der Waals surface area contributed by atoms with Gasteiger partial charge in [0.2, 0.25) is 5.91 Å². The van der Waals surface area contributed by atoms with Gasteiger partial charge in [-0.25, -0.2) is 0 Å². The Balaban J connectivity index is 2.46. The van der Waals surface area contributed by atoms with Crippen LogP contribution in [-0.2, 0) is 4.79 Å². The molecule has 0 spiro atoms. The zero-order valence-corrected chi connectivity index (χ0v) is 7.84. The first-order chi connectivity index (χ1) is 5.61. The number of primary amides is 1. The quantitative estimate of drug-likeness (QED) is 0.670. The van der Waals surface area contributed by atoms with Crippen LogP contribution in [0, 0.1) is 5.92 Å². The van der Waals surface area contributed by atoms with Crippen LogP contribution in [0.5, 0.6) is 0 Å². The lowest BCUT2D eigenvalue weighted by Crippen LogP contribution is -2.41. The van der Waals surface area contributed by atoms with Crippen molar-refractivity contribution in [3.8, 4) is 0 Å². The van der Waals surface area contributed by atoms with Crippen molar-refractivity contribution in [2.75, 3.05) is 13.1 Å². The molecule has 1 aliphatic rings. The van der Waals surface area contributed by atoms with Crippen LogP contribution in [-0.4, -0.2) is 29.9 Å². The lowest BCUT2D eigenvalue weighted by Gasteiger charge is -2.23. The summed E-state index contributed by atoms with van der Waals surface area (Å²) in [6.07, 6.45) is 2.03. The Morgan fingerprint density at radius 2 is 2.25 bits per heavy atom. The minimum Gasteiger partial charge on any atom is -0.368 e. The molecule has 1 rings (SSSR count). The van der Waals surface area contributed by atoms with Crippen LogP contribution in [0.1, 0.15) is 26.7 Å². The Labute approximate surface area is 73.9 Å². The van der Waals surface area contributed by atoms with Crippen LogP contribution >= 0.6 is 0 Å². The summed E-state index contributed by atoms with van der Waals surface area (Å²) in [6, 6.07) is -0.0140. The number of likely N-dealkylation sites (tertiary alicyclic amines) is 1. The molecule has 1 heterocycles. The monoisotopic (exact) mass is 169 g/mol. The number of carbonyl (C=O) groups is 1. The van der Waals surface area contributed by atoms with E-state index in [0.717, 1.165) is 25.9 Å². The highest BCUT2D eigenvalue weighted by molar-refractivity contribution is 5.80. The summed E-state index contributed by atoms with van der Waals surface area (Å²) in [6.45, 7) is 6.08. The minimum atomic E-state index is -0.172. The minimum absolute atomic E-state index is 0.0140. The highest BCUT2D eigenvalue weighted by Gasteiger charge is 2.28. The van der Waals surface area contributed by atoms with Gasteiger partial charge in [0.1, 0.15) is 0 Å². The molecule has 1 fully saturated rings. The van der Waals surface area contributed by atoms with Gasteiger partial charge in [-0.1, -0.05) is 13.8 Å². The van der Waals surface area contributed by atoms with E-state index in [1.165, 1.54) is 5.92 Å². The maximum Gasteiger partial charge on any atom is 0.234 e. The Morgan fingerprint density at radius 1 is 1.58 bits per heavy atom. The Hall–Kier alpha value is -0.570. The van der Waals surface area contributed by atoms with Gasteiger partial charge in [0.15, 0.2) is 0 Å². The van der Waals surface area contributed by atoms with E-state index >= 15 is 0 Å². The first kappa shape index (κ1) is 9.52. The molecular formula is C9H17N2O. The van der Waals surface area contributed by atoms with Gasteiger partial charge in [0.05, 0.1) is 6.04 Å². The van der Waals surface area contributed by atoms with E-state index in [1.54, 1.807) is 0 Å². The van der Waals surface area contributed by atoms with Gasteiger partial charge >= 0.3 is 0 Å². The van der Waals surface area contributed by atoms with Gasteiger partial charge in [-0.15, -0.1) is 0 Å². The van der Waals surface area contributed by atoms with Crippen LogP contribution < -0.4 is 5.73 Å². The summed E-state index contributed by atoms with van der Waals surface area (Å²) in [5.74, 6) is 1.16. The highest BCUT2D eigenvalue weighted by atomic mass is 16.1. The molecule has 0 aromatic carbocycles. The van der Waals surface area contributed by atoms with Crippen molar-refractivity contribution in [3.05, 3.63) is 5.92 Å². The number of hydrogen-bond donors (Lipinski definition) is 1. The molecule has 2 N–H and O–H groups in total. The lowest BCUT2D eigenvalue weighted by molar-refractivity contribution is -0.122. The van der Waals surface area contributed by atoms with Gasteiger partial charge in [0.25, 0.3) is 0 Å². The van der Waals surface area contributed by atoms with Crippen LogP contribution in [0.25, 0.3) is 0 Å². The van der Waals surface area contributed by atoms with Gasteiger partial charge in [0, 0.05) is 6.54 Å². The summed E-state index contributed by atoms with van der Waals surface area (Å²) in [5.41, 5.74) is 5.27. The molecule has 0 bridgehead atoms. The second kappa shape index (κ2) is 3.90. The van der Waals surface area contributed by atoms with Gasteiger partial charge in [-0.05, 0) is 25.3 Å². The van der Waals surface area contributed by atoms with Crippen molar-refractivity contribution in [2.45, 2.75) is 32.7 Å². The van der Waals surface area contributed by atoms with Gasteiger partial charge in [-0.3, -0.25) is 9.69 Å². The van der Waals surface area contributed by atoms with Gasteiger partial charge < -0.3 is 5.73 Å². The average Bonchev–Trinajstić information content (AvgIpc) is 2.33. The normalized spacial score (nSPS) is 25.1. The number of amides is 1. The molecule has 12 heavy (non-hydrogen) atoms. The number of nitrogens with two attached hydrogens (primary N) is 1. The number of carbonyl (C=O) groups excluding carboxylic acids is 1. The second-order valence-corrected chi connectivity index (χ2v) is 3.74. The first-order valence-electron chi connectivity index (χ1n) is 4.43. The highest BCUT2D eigenvalue weighted by Crippen LogP contribution is 2.18. The SMILES string of the molecule is C[C](C)CN1CCC[C@@H]1C(N)=O. The first-order valence-corrected chi connectivity index (χ1v) is 4.43. The zero-order chi connectivity index (χ0) is 9.14. The average molecular weight is 169 g/mol. The standard InChI is InChI=1S/C9H17N2O/c1-7(2)6-11-5-3-4-8(11)9(10)12/h8H,3-6H2,1-2H3,(H2,10,12)/t8-/m1/s1. The molecule has 1 radical (unpaired) electrons. The van der Waals surface area contributed by atoms with Crippen molar-refractivity contribution in [1.29, 1.82) is 0 Å². The van der Waals surface area contributed by atoms with Crippen LogP contribution in [0.3, 0.4) is 0 Å². The number of nitrogens with zero attached hydrogens (tertiary/aromatic N) is 1. The summed E-state index contributed by atoms with van der Waals surface area (Å²) in [5, 5.41) is 0. The Kier molecular flexibility index (Phi) is 3.09. The van der Waals surface area contributed by atoms with Crippen molar-refractivity contribution in [2.24, 2.45) is 5.73 Å². The fourth-order valence-corrected chi connectivity index (χ4v) is 1.74. The fraction of sp³-hybridized carbons (Fsp3) is 0.778. The molecule has 0 saturated carbocycles. The molecule has 0 aromatic rings. The van der Waals surface area contributed by atoms with E-state index in [4.69, 9.17) is 5.73 Å². The maximum atomic E-state index is 11.0. The lowest BCUT2D eigenvalue weighted by atomic mass is 10.1. The smallest absolute Gasteiger partial charge is 0.234 e. The van der Waals surface area contributed by atoms with Crippen LogP contribution in [0.2, 0.25) is 0 Å². The summed E-state index contributed by atoms with van der Waals surface area (Å²) >= 11 is 0. The van der Waals surface area contributed by atoms with Crippen molar-refractivity contribution in [1.82, 2.24) is 4.90 Å². The van der Waals surface area contributed by atoms with E-state index in [1.807, 2.05) is 0 Å². The Morgan fingerprint density at radius 3 is 2.75 bits per heavy atom. The van der Waals surface area contributed by atoms with E-state index in [0.29, 0.717) is 0 Å². The molecule has 1 aliphatic heterocycles. The summed E-state index contributed by atoms with van der Waals surface area (Å²) in [4.78, 5) is 13.1. The van der Waals surface area contributed by atoms with Crippen LogP contribution in [0.4, 0.5) is 0 Å². The van der Waals surface area contributed by atoms with E-state index in [9.17, 15) is 4.79 Å². The van der Waals surface area contributed by atoms with Crippen molar-refractivity contribution < 1.29 is 4.79 Å². The third kappa shape index (κ3) is 2.21. The van der Waals surface area contributed by atoms with E-state index < -0.39 is 0 Å². The predicted molar refractivity (Wildman–Crippen MR) is 48.4 cm³/mol. The zero-order valence-electron chi connectivity index (χ0n) is 7.84. The second-order valence-electron chi connectivity index (χ2n) is 3.74. The Bertz CT molecular complexity index is 168. The van der Waals surface area contributed by atoms with Crippen molar-refractivity contribution in [3.63, 3.8) is 0 Å². The number of hydrogen-bond acceptors (Lipinski definition) is 2. The molecule has 1 amide bonds. The number of rotatable bonds is 3. The molecule has 1 saturated heterocycles. The fourth-order valence-electron chi connectivity index (χ4n) is 1.74. The topological polar surface area (TPSA) is 46.3 Å². The third-order valence-corrected chi connectivity index (χ3v) is 2.21. The molecule has 3 heteroatoms. The molecule has 3 nitrogen and oxygen atoms in total. The molecule has 69 valence electrons. The molecule has 0 aliphatic carbocycles. The summed E-state index contributed by atoms with van der Waals surface area (Å²) in [7, 11) is 0. The largest absolute Gasteiger partial charge is 0.368 e. The van der Waals surface area contributed by atoms with Crippen molar-refractivity contribution >= 4 is 5.91 Å². The van der Waals surface area contributed by atoms with Gasteiger partial charge in [-0.2, -0.15) is 0 Å². The van der Waals surface area contributed by atoms with Crippen LogP contribution in [0.15, 0.2) is 0 Å². The molecule has 1 atom stereocenters. The molecule has 0 aromatic heterocycles. The van der Waals surface area contributed by atoms with E-state index in [2.05, 4.69) is 18.7 Å². The van der Waals surface area contributed by atoms with E-state index in [-0.39, 0.29) is 11.9 Å². The molecule has 0 unspecified atom stereocenters. The third-order valence-electron chi connectivity index (χ3n) is 2.21. The maximum absolute atomic E-state index is 11.0. The predicted octanol–water partition coefficient (Wildman–Crippen LogP) is 0.550. The summed E-state index contributed by atoms with van der Waals surface area (Å²) < 4.78 is 0. The molecular weight excluding hydrogens is 152 g/mol.